The van der Waals surface area contributed by atoms with Crippen LogP contribution < -0.4 is 27.6 Å². The van der Waals surface area contributed by atoms with E-state index >= 15 is 0 Å². The average Bonchev–Trinajstić information content (AvgIpc) is 3.40. The predicted octanol–water partition coefficient (Wildman–Crippen LogP) is 3.59. The molecule has 6 rings (SSSR count). The predicted molar refractivity (Wildman–Crippen MR) is 165 cm³/mol. The monoisotopic (exact) mass is 604 g/mol. The van der Waals surface area contributed by atoms with E-state index in [0.29, 0.717) is 17.4 Å². The number of aromatic nitrogens is 5. The molecule has 0 atom stereocenters. The average molecular weight is 605 g/mol. The standard InChI is InChI=1S/C30H29FN8O3.ClH/c1-2-37-16-24(29(41)38(30(37)42)22-9-5-20(31)6-10-22)28(40)36-21-7-3-18(4-8-21)23-15-25(19-11-13-33-14-12-19)39-26(23)27(32)34-17-35-39;/h3-10,15-17,19,33H,2,11-14H2,1H3,(H,36,40)(H2,32,34,35);1H. The Labute approximate surface area is 251 Å². The van der Waals surface area contributed by atoms with Crippen LogP contribution in [0.25, 0.3) is 22.3 Å². The normalized spacial score (nSPS) is 13.5. The van der Waals surface area contributed by atoms with Crippen LogP contribution in [0.1, 0.15) is 41.7 Å². The molecule has 0 radical (unpaired) electrons. The number of aryl methyl sites for hydroxylation is 1. The number of fused-ring (bicyclic) bond motifs is 1. The molecule has 1 saturated heterocycles. The van der Waals surface area contributed by atoms with Crippen LogP contribution in [0.3, 0.4) is 0 Å². The van der Waals surface area contributed by atoms with Crippen molar-refractivity contribution < 1.29 is 9.18 Å². The van der Waals surface area contributed by atoms with Gasteiger partial charge in [-0.25, -0.2) is 23.3 Å². The summed E-state index contributed by atoms with van der Waals surface area (Å²) in [5.41, 5.74) is 8.83. The first-order valence-corrected chi connectivity index (χ1v) is 13.7. The molecule has 0 aliphatic carbocycles. The summed E-state index contributed by atoms with van der Waals surface area (Å²) < 4.78 is 17.5. The first kappa shape index (κ1) is 29.7. The third-order valence-corrected chi connectivity index (χ3v) is 7.65. The second-order valence-corrected chi connectivity index (χ2v) is 10.2. The molecule has 4 N–H and O–H groups in total. The third kappa shape index (κ3) is 5.54. The molecule has 1 aliphatic rings. The maximum Gasteiger partial charge on any atom is 0.335 e. The minimum atomic E-state index is -0.799. The summed E-state index contributed by atoms with van der Waals surface area (Å²) in [5.74, 6) is -0.469. The van der Waals surface area contributed by atoms with Crippen LogP contribution in [0.5, 0.6) is 0 Å². The van der Waals surface area contributed by atoms with E-state index < -0.39 is 23.0 Å². The van der Waals surface area contributed by atoms with Crippen LogP contribution in [-0.2, 0) is 6.54 Å². The van der Waals surface area contributed by atoms with Crippen LogP contribution in [0, 0.1) is 5.82 Å². The van der Waals surface area contributed by atoms with Gasteiger partial charge in [0.1, 0.15) is 23.2 Å². The zero-order chi connectivity index (χ0) is 29.4. The fourth-order valence-corrected chi connectivity index (χ4v) is 5.45. The van der Waals surface area contributed by atoms with Gasteiger partial charge in [0.2, 0.25) is 0 Å². The molecule has 222 valence electrons. The van der Waals surface area contributed by atoms with E-state index in [0.717, 1.165) is 65.0 Å². The van der Waals surface area contributed by atoms with Gasteiger partial charge in [0.25, 0.3) is 11.5 Å². The Bertz CT molecular complexity index is 1910. The van der Waals surface area contributed by atoms with Crippen LogP contribution in [0.4, 0.5) is 15.9 Å². The Balaban J connectivity index is 0.00000368. The minimum absolute atomic E-state index is 0. The molecule has 11 nitrogen and oxygen atoms in total. The molecule has 0 saturated carbocycles. The van der Waals surface area contributed by atoms with Crippen molar-refractivity contribution in [2.75, 3.05) is 24.1 Å². The molecule has 4 heterocycles. The molecule has 1 aliphatic heterocycles. The molecule has 43 heavy (non-hydrogen) atoms. The van der Waals surface area contributed by atoms with E-state index in [2.05, 4.69) is 26.8 Å². The number of nitrogens with one attached hydrogen (secondary N) is 2. The molecule has 3 aromatic heterocycles. The number of nitrogen functional groups attached to an aromatic ring is 1. The van der Waals surface area contributed by atoms with Gasteiger partial charge >= 0.3 is 5.69 Å². The van der Waals surface area contributed by atoms with Gasteiger partial charge < -0.3 is 16.4 Å². The summed E-state index contributed by atoms with van der Waals surface area (Å²) in [7, 11) is 0. The lowest BCUT2D eigenvalue weighted by Crippen LogP contribution is -2.42. The molecule has 0 unspecified atom stereocenters. The Kier molecular flexibility index (Phi) is 8.42. The molecular formula is C30H30ClFN8O3. The van der Waals surface area contributed by atoms with Crippen molar-refractivity contribution in [3.8, 4) is 16.8 Å². The molecule has 5 aromatic rings. The van der Waals surface area contributed by atoms with E-state index in [1.54, 1.807) is 19.1 Å². The van der Waals surface area contributed by atoms with Crippen molar-refractivity contribution in [3.05, 3.63) is 105 Å². The van der Waals surface area contributed by atoms with E-state index in [4.69, 9.17) is 5.73 Å². The number of benzene rings is 2. The largest absolute Gasteiger partial charge is 0.382 e. The number of carbonyl (C=O) groups excluding carboxylic acids is 1. The van der Waals surface area contributed by atoms with Gasteiger partial charge in [-0.05, 0) is 80.9 Å². The highest BCUT2D eigenvalue weighted by Gasteiger charge is 2.23. The Hall–Kier alpha value is -4.81. The number of carbonyl (C=O) groups is 1. The number of nitrogens with zero attached hydrogens (tertiary/aromatic N) is 5. The number of anilines is 2. The summed E-state index contributed by atoms with van der Waals surface area (Å²) in [5, 5.41) is 10.6. The minimum Gasteiger partial charge on any atom is -0.382 e. The molecule has 13 heteroatoms. The zero-order valence-electron chi connectivity index (χ0n) is 23.3. The highest BCUT2D eigenvalue weighted by Crippen LogP contribution is 2.36. The van der Waals surface area contributed by atoms with Gasteiger partial charge in [0.15, 0.2) is 5.82 Å². The van der Waals surface area contributed by atoms with Gasteiger partial charge in [0.05, 0.1) is 5.69 Å². The van der Waals surface area contributed by atoms with E-state index in [9.17, 15) is 18.8 Å². The maximum atomic E-state index is 13.5. The number of hydrogen-bond acceptors (Lipinski definition) is 7. The molecule has 0 bridgehead atoms. The molecule has 0 spiro atoms. The second kappa shape index (κ2) is 12.2. The van der Waals surface area contributed by atoms with Crippen LogP contribution >= 0.6 is 12.4 Å². The molecule has 2 aromatic carbocycles. The number of nitrogens with two attached hydrogens (primary N) is 1. The summed E-state index contributed by atoms with van der Waals surface area (Å²) in [6.07, 6.45) is 4.69. The lowest BCUT2D eigenvalue weighted by Gasteiger charge is -2.22. The first-order chi connectivity index (χ1) is 20.4. The van der Waals surface area contributed by atoms with Crippen molar-refractivity contribution in [2.45, 2.75) is 32.2 Å². The van der Waals surface area contributed by atoms with Crippen LogP contribution in [0.2, 0.25) is 0 Å². The number of rotatable bonds is 6. The van der Waals surface area contributed by atoms with Crippen molar-refractivity contribution in [2.24, 2.45) is 0 Å². The van der Waals surface area contributed by atoms with Gasteiger partial charge in [-0.15, -0.1) is 12.4 Å². The summed E-state index contributed by atoms with van der Waals surface area (Å²) in [6, 6.07) is 14.2. The van der Waals surface area contributed by atoms with Crippen LogP contribution in [-0.4, -0.2) is 42.7 Å². The zero-order valence-corrected chi connectivity index (χ0v) is 24.1. The highest BCUT2D eigenvalue weighted by molar-refractivity contribution is 6.04. The van der Waals surface area contributed by atoms with Gasteiger partial charge in [-0.3, -0.25) is 14.2 Å². The quantitative estimate of drug-likeness (QED) is 0.269. The van der Waals surface area contributed by atoms with Gasteiger partial charge in [-0.2, -0.15) is 5.10 Å². The first-order valence-electron chi connectivity index (χ1n) is 13.7. The SMILES string of the molecule is CCn1cc(C(=O)Nc2ccc(-c3cc(C4CCNCC4)n4ncnc(N)c34)cc2)c(=O)n(-c2ccc(F)cc2)c1=O.Cl. The Morgan fingerprint density at radius 1 is 1.09 bits per heavy atom. The van der Waals surface area contributed by atoms with Crippen molar-refractivity contribution in [3.63, 3.8) is 0 Å². The van der Waals surface area contributed by atoms with Gasteiger partial charge in [0, 0.05) is 35.6 Å². The van der Waals surface area contributed by atoms with Crippen molar-refractivity contribution in [1.29, 1.82) is 0 Å². The number of hydrogen-bond donors (Lipinski definition) is 3. The molecular weight excluding hydrogens is 575 g/mol. The Morgan fingerprint density at radius 3 is 2.47 bits per heavy atom. The fourth-order valence-electron chi connectivity index (χ4n) is 5.45. The maximum absolute atomic E-state index is 13.5. The molecule has 1 amide bonds. The lowest BCUT2D eigenvalue weighted by molar-refractivity contribution is 0.102. The summed E-state index contributed by atoms with van der Waals surface area (Å²) in [4.78, 5) is 43.6. The second-order valence-electron chi connectivity index (χ2n) is 10.2. The molecule has 1 fully saturated rings. The number of halogens is 2. The Morgan fingerprint density at radius 2 is 1.79 bits per heavy atom. The van der Waals surface area contributed by atoms with E-state index in [1.807, 2.05) is 16.6 Å². The summed E-state index contributed by atoms with van der Waals surface area (Å²) >= 11 is 0. The highest BCUT2D eigenvalue weighted by atomic mass is 35.5. The summed E-state index contributed by atoms with van der Waals surface area (Å²) in [6.45, 7) is 3.83. The van der Waals surface area contributed by atoms with Crippen LogP contribution in [0.15, 0.2) is 76.7 Å². The number of piperidine rings is 1. The topological polar surface area (TPSA) is 141 Å². The fraction of sp³-hybridized carbons (Fsp3) is 0.233. The van der Waals surface area contributed by atoms with Crippen molar-refractivity contribution in [1.82, 2.24) is 29.0 Å². The van der Waals surface area contributed by atoms with Crippen molar-refractivity contribution >= 4 is 35.3 Å². The lowest BCUT2D eigenvalue weighted by atomic mass is 9.94. The smallest absolute Gasteiger partial charge is 0.335 e. The van der Waals surface area contributed by atoms with E-state index in [-0.39, 0.29) is 30.2 Å². The van der Waals surface area contributed by atoms with Gasteiger partial charge in [-0.1, -0.05) is 12.1 Å². The van der Waals surface area contributed by atoms with E-state index in [1.165, 1.54) is 29.2 Å². The number of amides is 1. The third-order valence-electron chi connectivity index (χ3n) is 7.65.